The summed E-state index contributed by atoms with van der Waals surface area (Å²) in [7, 11) is 0. The number of aromatic nitrogens is 1. The summed E-state index contributed by atoms with van der Waals surface area (Å²) >= 11 is 0. The smallest absolute Gasteiger partial charge is 0.305 e. The molecule has 1 aromatic carbocycles. The van der Waals surface area contributed by atoms with Gasteiger partial charge in [-0.1, -0.05) is 25.1 Å². The maximum absolute atomic E-state index is 13.9. The summed E-state index contributed by atoms with van der Waals surface area (Å²) in [5, 5.41) is 2.87. The number of nitrogens with zero attached hydrogens (tertiary/aromatic N) is 1. The van der Waals surface area contributed by atoms with Gasteiger partial charge in [0, 0.05) is 6.20 Å². The number of benzene rings is 1. The van der Waals surface area contributed by atoms with Gasteiger partial charge in [-0.2, -0.15) is 13.2 Å². The van der Waals surface area contributed by atoms with Gasteiger partial charge in [-0.15, -0.1) is 0 Å². The quantitative estimate of drug-likeness (QED) is 0.865. The van der Waals surface area contributed by atoms with Crippen molar-refractivity contribution in [3.05, 3.63) is 65.2 Å². The summed E-state index contributed by atoms with van der Waals surface area (Å²) in [6, 6.07) is 6.76. The summed E-state index contributed by atoms with van der Waals surface area (Å²) in [4.78, 5) is 3.89. The van der Waals surface area contributed by atoms with Crippen LogP contribution in [0.4, 0.5) is 17.6 Å². The van der Waals surface area contributed by atoms with Crippen LogP contribution in [0, 0.1) is 5.82 Å². The Morgan fingerprint density at radius 2 is 1.86 bits per heavy atom. The Bertz CT molecular complexity index is 611. The zero-order valence-corrected chi connectivity index (χ0v) is 11.3. The summed E-state index contributed by atoms with van der Waals surface area (Å²) in [5.41, 5.74) is -0.874. The fraction of sp³-hybridized carbons (Fsp3) is 0.267. The van der Waals surface area contributed by atoms with Crippen LogP contribution in [0.1, 0.15) is 29.8 Å². The van der Waals surface area contributed by atoms with E-state index in [1.165, 1.54) is 36.5 Å². The van der Waals surface area contributed by atoms with Crippen molar-refractivity contribution in [1.29, 1.82) is 0 Å². The molecule has 1 N–H and O–H groups in total. The second-order valence-electron chi connectivity index (χ2n) is 4.45. The highest BCUT2D eigenvalue weighted by Crippen LogP contribution is 2.36. The molecule has 2 nitrogen and oxygen atoms in total. The van der Waals surface area contributed by atoms with Crippen LogP contribution < -0.4 is 5.32 Å². The number of hydrogen-bond acceptors (Lipinski definition) is 2. The number of alkyl halides is 3. The monoisotopic (exact) mass is 298 g/mol. The Morgan fingerprint density at radius 3 is 2.48 bits per heavy atom. The molecule has 0 fully saturated rings. The summed E-state index contributed by atoms with van der Waals surface area (Å²) in [6.07, 6.45) is -3.14. The van der Waals surface area contributed by atoms with Gasteiger partial charge in [0.1, 0.15) is 5.82 Å². The van der Waals surface area contributed by atoms with E-state index in [1.807, 2.05) is 0 Å². The molecule has 0 radical (unpaired) electrons. The Labute approximate surface area is 119 Å². The van der Waals surface area contributed by atoms with Crippen molar-refractivity contribution in [2.45, 2.75) is 19.1 Å². The molecular weight excluding hydrogens is 284 g/mol. The molecule has 6 heteroatoms. The van der Waals surface area contributed by atoms with Gasteiger partial charge in [0.15, 0.2) is 0 Å². The lowest BCUT2D eigenvalue weighted by Crippen LogP contribution is -2.26. The number of nitrogens with one attached hydrogen (secondary N) is 1. The van der Waals surface area contributed by atoms with Crippen LogP contribution in [0.5, 0.6) is 0 Å². The minimum atomic E-state index is -4.50. The molecule has 1 heterocycles. The first kappa shape index (κ1) is 15.4. The Balaban J connectivity index is 2.57. The van der Waals surface area contributed by atoms with Gasteiger partial charge in [-0.05, 0) is 30.3 Å². The normalized spacial score (nSPS) is 13.2. The Hall–Kier alpha value is -1.95. The van der Waals surface area contributed by atoms with E-state index in [4.69, 9.17) is 0 Å². The second-order valence-corrected chi connectivity index (χ2v) is 4.45. The molecule has 0 bridgehead atoms. The largest absolute Gasteiger partial charge is 0.416 e. The molecule has 1 aromatic heterocycles. The zero-order chi connectivity index (χ0) is 15.5. The summed E-state index contributed by atoms with van der Waals surface area (Å²) < 4.78 is 53.3. The van der Waals surface area contributed by atoms with Crippen molar-refractivity contribution in [3.8, 4) is 0 Å². The molecule has 2 rings (SSSR count). The molecule has 112 valence electrons. The Morgan fingerprint density at radius 1 is 1.14 bits per heavy atom. The third-order valence-electron chi connectivity index (χ3n) is 3.05. The van der Waals surface area contributed by atoms with E-state index in [0.717, 1.165) is 6.07 Å². The maximum atomic E-state index is 13.9. The van der Waals surface area contributed by atoms with Crippen molar-refractivity contribution < 1.29 is 17.6 Å². The predicted molar refractivity (Wildman–Crippen MR) is 71.2 cm³/mol. The van der Waals surface area contributed by atoms with Crippen molar-refractivity contribution in [2.24, 2.45) is 0 Å². The summed E-state index contributed by atoms with van der Waals surface area (Å²) in [6.45, 7) is 2.12. The minimum Gasteiger partial charge on any atom is -0.305 e. The fourth-order valence-corrected chi connectivity index (χ4v) is 2.18. The van der Waals surface area contributed by atoms with Crippen molar-refractivity contribution >= 4 is 0 Å². The highest BCUT2D eigenvalue weighted by molar-refractivity contribution is 5.37. The predicted octanol–water partition coefficient (Wildman–Crippen LogP) is 3.94. The number of rotatable bonds is 4. The first-order valence-corrected chi connectivity index (χ1v) is 6.45. The third-order valence-corrected chi connectivity index (χ3v) is 3.05. The molecule has 0 aliphatic rings. The lowest BCUT2D eigenvalue weighted by molar-refractivity contribution is -0.138. The first-order chi connectivity index (χ1) is 9.95. The minimum absolute atomic E-state index is 0.0375. The average molecular weight is 298 g/mol. The molecule has 0 aliphatic carbocycles. The van der Waals surface area contributed by atoms with Crippen LogP contribution in [0.25, 0.3) is 0 Å². The van der Waals surface area contributed by atoms with Crippen molar-refractivity contribution in [3.63, 3.8) is 0 Å². The van der Waals surface area contributed by atoms with Crippen molar-refractivity contribution in [2.75, 3.05) is 6.54 Å². The SMILES string of the molecule is CCNC(c1ccccc1C(F)(F)F)c1ncccc1F. The van der Waals surface area contributed by atoms with Crippen LogP contribution in [0.15, 0.2) is 42.6 Å². The first-order valence-electron chi connectivity index (χ1n) is 6.45. The molecule has 0 spiro atoms. The number of hydrogen-bond donors (Lipinski definition) is 1. The second kappa shape index (κ2) is 6.22. The van der Waals surface area contributed by atoms with Gasteiger partial charge in [0.05, 0.1) is 17.3 Å². The topological polar surface area (TPSA) is 24.9 Å². The van der Waals surface area contributed by atoms with Crippen LogP contribution in [-0.4, -0.2) is 11.5 Å². The van der Waals surface area contributed by atoms with Gasteiger partial charge >= 0.3 is 6.18 Å². The molecule has 1 unspecified atom stereocenters. The highest BCUT2D eigenvalue weighted by Gasteiger charge is 2.35. The van der Waals surface area contributed by atoms with E-state index in [1.54, 1.807) is 6.92 Å². The van der Waals surface area contributed by atoms with E-state index in [9.17, 15) is 17.6 Å². The van der Waals surface area contributed by atoms with Crippen LogP contribution in [0.3, 0.4) is 0 Å². The molecule has 0 aliphatic heterocycles. The van der Waals surface area contributed by atoms with Gasteiger partial charge in [-0.25, -0.2) is 4.39 Å². The standard InChI is InChI=1S/C15H14F4N2/c1-2-20-13(14-12(16)8-5-9-21-14)10-6-3-4-7-11(10)15(17,18)19/h3-9,13,20H,2H2,1H3. The van der Waals surface area contributed by atoms with E-state index in [0.29, 0.717) is 6.54 Å². The molecule has 21 heavy (non-hydrogen) atoms. The number of halogens is 4. The van der Waals surface area contributed by atoms with Crippen LogP contribution >= 0.6 is 0 Å². The Kier molecular flexibility index (Phi) is 4.57. The van der Waals surface area contributed by atoms with Crippen LogP contribution in [-0.2, 0) is 6.18 Å². The van der Waals surface area contributed by atoms with E-state index >= 15 is 0 Å². The lowest BCUT2D eigenvalue weighted by Gasteiger charge is -2.22. The molecule has 0 saturated carbocycles. The van der Waals surface area contributed by atoms with Gasteiger partial charge in [0.2, 0.25) is 0 Å². The van der Waals surface area contributed by atoms with Crippen LogP contribution in [0.2, 0.25) is 0 Å². The maximum Gasteiger partial charge on any atom is 0.416 e. The lowest BCUT2D eigenvalue weighted by atomic mass is 9.96. The number of pyridine rings is 1. The van der Waals surface area contributed by atoms with Gasteiger partial charge in [-0.3, -0.25) is 4.98 Å². The highest BCUT2D eigenvalue weighted by atomic mass is 19.4. The molecular formula is C15H14F4N2. The summed E-state index contributed by atoms with van der Waals surface area (Å²) in [5.74, 6) is -0.638. The van der Waals surface area contributed by atoms with Gasteiger partial charge in [0.25, 0.3) is 0 Å². The zero-order valence-electron chi connectivity index (χ0n) is 11.3. The van der Waals surface area contributed by atoms with E-state index < -0.39 is 23.6 Å². The average Bonchev–Trinajstić information content (AvgIpc) is 2.45. The molecule has 0 amide bonds. The van der Waals surface area contributed by atoms with Crippen molar-refractivity contribution in [1.82, 2.24) is 10.3 Å². The molecule has 0 saturated heterocycles. The molecule has 2 aromatic rings. The van der Waals surface area contributed by atoms with Gasteiger partial charge < -0.3 is 5.32 Å². The fourth-order valence-electron chi connectivity index (χ4n) is 2.18. The van der Waals surface area contributed by atoms with E-state index in [2.05, 4.69) is 10.3 Å². The van der Waals surface area contributed by atoms with E-state index in [-0.39, 0.29) is 11.3 Å². The third kappa shape index (κ3) is 3.39. The molecule has 1 atom stereocenters.